The first-order chi connectivity index (χ1) is 13.5. The van der Waals surface area contributed by atoms with E-state index in [0.29, 0.717) is 46.9 Å². The van der Waals surface area contributed by atoms with Crippen LogP contribution in [0.5, 0.6) is 5.75 Å². The first kappa shape index (κ1) is 16.5. The fraction of sp³-hybridized carbons (Fsp3) is 0.200. The Kier molecular flexibility index (Phi) is 3.33. The number of primary amides is 1. The van der Waals surface area contributed by atoms with Crippen molar-refractivity contribution in [3.63, 3.8) is 0 Å². The quantitative estimate of drug-likeness (QED) is 0.500. The number of nitrogens with one attached hydrogen (secondary N) is 1. The number of amides is 1. The van der Waals surface area contributed by atoms with E-state index in [4.69, 9.17) is 10.2 Å². The van der Waals surface area contributed by atoms with Crippen molar-refractivity contribution < 1.29 is 14.3 Å². The number of pyridine rings is 2. The van der Waals surface area contributed by atoms with E-state index in [1.54, 1.807) is 37.6 Å². The highest BCUT2D eigenvalue weighted by Crippen LogP contribution is 2.48. The van der Waals surface area contributed by atoms with Gasteiger partial charge in [-0.05, 0) is 31.0 Å². The Labute approximate surface area is 159 Å². The summed E-state index contributed by atoms with van der Waals surface area (Å²) in [6.07, 6.45) is 4.77. The van der Waals surface area contributed by atoms with Crippen LogP contribution in [0.1, 0.15) is 18.5 Å². The molecule has 28 heavy (non-hydrogen) atoms. The molecule has 1 aromatic carbocycles. The first-order valence-electron chi connectivity index (χ1n) is 8.89. The molecule has 3 aromatic heterocycles. The highest BCUT2D eigenvalue weighted by atomic mass is 16.3. The van der Waals surface area contributed by atoms with Crippen molar-refractivity contribution in [1.82, 2.24) is 15.0 Å². The van der Waals surface area contributed by atoms with Gasteiger partial charge in [0.15, 0.2) is 5.58 Å². The number of anilines is 1. The third-order valence-corrected chi connectivity index (χ3v) is 5.32. The summed E-state index contributed by atoms with van der Waals surface area (Å²) in [7, 11) is 1.78. The third kappa shape index (κ3) is 2.31. The minimum absolute atomic E-state index is 0.115. The number of phenolic OH excluding ortho intramolecular Hbond substituents is 1. The van der Waals surface area contributed by atoms with Crippen LogP contribution < -0.4 is 11.1 Å². The number of hydrogen-bond acceptors (Lipinski definition) is 7. The number of nitrogens with two attached hydrogens (primary N) is 1. The van der Waals surface area contributed by atoms with Gasteiger partial charge in [0.2, 0.25) is 11.8 Å². The van der Waals surface area contributed by atoms with Gasteiger partial charge in [-0.25, -0.2) is 9.97 Å². The molecule has 0 unspecified atom stereocenters. The minimum atomic E-state index is -0.693. The summed E-state index contributed by atoms with van der Waals surface area (Å²) in [5, 5.41) is 14.3. The fourth-order valence-electron chi connectivity index (χ4n) is 3.55. The number of aromatic hydroxyl groups is 1. The molecule has 0 saturated heterocycles. The number of oxazole rings is 1. The second kappa shape index (κ2) is 5.66. The summed E-state index contributed by atoms with van der Waals surface area (Å²) in [4.78, 5) is 25.4. The zero-order valence-corrected chi connectivity index (χ0v) is 15.1. The maximum Gasteiger partial charge on any atom is 0.229 e. The maximum absolute atomic E-state index is 12.0. The number of aromatic nitrogens is 3. The van der Waals surface area contributed by atoms with Gasteiger partial charge in [0.1, 0.15) is 17.1 Å². The Morgan fingerprint density at radius 2 is 2.04 bits per heavy atom. The van der Waals surface area contributed by atoms with E-state index in [2.05, 4.69) is 20.3 Å². The molecule has 4 aromatic rings. The maximum atomic E-state index is 12.0. The average Bonchev–Trinajstić information content (AvgIpc) is 3.41. The molecular formula is C20H17N5O3. The van der Waals surface area contributed by atoms with Gasteiger partial charge in [-0.3, -0.25) is 9.78 Å². The van der Waals surface area contributed by atoms with Crippen molar-refractivity contribution in [3.8, 4) is 17.2 Å². The number of rotatable bonds is 4. The van der Waals surface area contributed by atoms with Gasteiger partial charge in [-0.15, -0.1) is 0 Å². The van der Waals surface area contributed by atoms with Crippen LogP contribution in [0.15, 0.2) is 41.1 Å². The number of phenols is 1. The Morgan fingerprint density at radius 1 is 1.21 bits per heavy atom. The van der Waals surface area contributed by atoms with Crippen LogP contribution in [-0.4, -0.2) is 33.0 Å². The van der Waals surface area contributed by atoms with Crippen LogP contribution in [-0.2, 0) is 10.2 Å². The van der Waals surface area contributed by atoms with Crippen LogP contribution in [0, 0.1) is 0 Å². The molecule has 8 nitrogen and oxygen atoms in total. The number of nitrogens with zero attached hydrogens (tertiary/aromatic N) is 3. The number of carbonyl (C=O) groups is 1. The van der Waals surface area contributed by atoms with E-state index < -0.39 is 5.41 Å². The van der Waals surface area contributed by atoms with Crippen LogP contribution in [0.3, 0.4) is 0 Å². The second-order valence-corrected chi connectivity index (χ2v) is 7.00. The van der Waals surface area contributed by atoms with Gasteiger partial charge < -0.3 is 20.6 Å². The molecule has 3 heterocycles. The molecule has 0 radical (unpaired) electrons. The summed E-state index contributed by atoms with van der Waals surface area (Å²) in [6.45, 7) is 0. The number of hydrogen-bond donors (Lipinski definition) is 3. The monoisotopic (exact) mass is 375 g/mol. The standard InChI is InChI=1S/C20H17N5O3/c1-22-17-12-8-23-16(20(4-5-20)19(21)27)7-11(12)13(9-24-17)18-25-14-6-10(26)2-3-15(14)28-18/h2-3,6-9,26H,4-5H2,1H3,(H2,21,27)(H,22,24). The Hall–Kier alpha value is -3.68. The number of fused-ring (bicyclic) bond motifs is 2. The lowest BCUT2D eigenvalue weighted by Gasteiger charge is -2.13. The van der Waals surface area contributed by atoms with Gasteiger partial charge in [-0.1, -0.05) is 0 Å². The van der Waals surface area contributed by atoms with Gasteiger partial charge in [0.25, 0.3) is 0 Å². The lowest BCUT2D eigenvalue weighted by atomic mass is 9.98. The molecule has 1 aliphatic rings. The van der Waals surface area contributed by atoms with E-state index in [0.717, 1.165) is 10.8 Å². The molecule has 140 valence electrons. The summed E-state index contributed by atoms with van der Waals surface area (Å²) >= 11 is 0. The predicted octanol–water partition coefficient (Wildman–Crippen LogP) is 2.70. The topological polar surface area (TPSA) is 127 Å². The van der Waals surface area contributed by atoms with E-state index >= 15 is 0 Å². The van der Waals surface area contributed by atoms with Gasteiger partial charge in [0.05, 0.1) is 16.7 Å². The zero-order valence-electron chi connectivity index (χ0n) is 15.1. The van der Waals surface area contributed by atoms with Crippen LogP contribution in [0.2, 0.25) is 0 Å². The van der Waals surface area contributed by atoms with Crippen LogP contribution in [0.4, 0.5) is 5.82 Å². The number of benzene rings is 1. The van der Waals surface area contributed by atoms with Crippen molar-refractivity contribution in [3.05, 3.63) is 42.4 Å². The first-order valence-corrected chi connectivity index (χ1v) is 8.89. The van der Waals surface area contributed by atoms with Gasteiger partial charge in [0, 0.05) is 36.3 Å². The molecule has 5 rings (SSSR count). The summed E-state index contributed by atoms with van der Waals surface area (Å²) in [5.41, 5.74) is 7.36. The molecule has 1 aliphatic carbocycles. The molecule has 0 aliphatic heterocycles. The highest BCUT2D eigenvalue weighted by molar-refractivity contribution is 6.01. The van der Waals surface area contributed by atoms with Crippen molar-refractivity contribution >= 4 is 33.6 Å². The molecule has 1 amide bonds. The molecule has 1 fully saturated rings. The van der Waals surface area contributed by atoms with Crippen molar-refractivity contribution in [1.29, 1.82) is 0 Å². The van der Waals surface area contributed by atoms with E-state index in [-0.39, 0.29) is 11.7 Å². The van der Waals surface area contributed by atoms with Crippen LogP contribution >= 0.6 is 0 Å². The molecule has 4 N–H and O–H groups in total. The van der Waals surface area contributed by atoms with Gasteiger partial charge >= 0.3 is 0 Å². The molecule has 0 atom stereocenters. The summed E-state index contributed by atoms with van der Waals surface area (Å²) in [5.74, 6) is 0.794. The SMILES string of the molecule is CNc1ncc(-c2nc3cc(O)ccc3o2)c2cc(C3(C(N)=O)CC3)ncc12. The van der Waals surface area contributed by atoms with Crippen molar-refractivity contribution in [2.45, 2.75) is 18.3 Å². The lowest BCUT2D eigenvalue weighted by molar-refractivity contribution is -0.120. The van der Waals surface area contributed by atoms with E-state index in [1.807, 2.05) is 6.07 Å². The Balaban J connectivity index is 1.76. The smallest absolute Gasteiger partial charge is 0.229 e. The summed E-state index contributed by atoms with van der Waals surface area (Å²) < 4.78 is 5.88. The molecule has 1 saturated carbocycles. The molecular weight excluding hydrogens is 358 g/mol. The average molecular weight is 375 g/mol. The van der Waals surface area contributed by atoms with E-state index in [9.17, 15) is 9.90 Å². The largest absolute Gasteiger partial charge is 0.508 e. The normalized spacial score (nSPS) is 15.0. The van der Waals surface area contributed by atoms with Gasteiger partial charge in [-0.2, -0.15) is 0 Å². The predicted molar refractivity (Wildman–Crippen MR) is 104 cm³/mol. The Bertz CT molecular complexity index is 1260. The van der Waals surface area contributed by atoms with Crippen molar-refractivity contribution in [2.75, 3.05) is 12.4 Å². The minimum Gasteiger partial charge on any atom is -0.508 e. The third-order valence-electron chi connectivity index (χ3n) is 5.32. The lowest BCUT2D eigenvalue weighted by Crippen LogP contribution is -2.29. The highest BCUT2D eigenvalue weighted by Gasteiger charge is 2.51. The molecule has 0 bridgehead atoms. The van der Waals surface area contributed by atoms with Crippen LogP contribution in [0.25, 0.3) is 33.3 Å². The van der Waals surface area contributed by atoms with E-state index in [1.165, 1.54) is 0 Å². The molecule has 0 spiro atoms. The van der Waals surface area contributed by atoms with Crippen molar-refractivity contribution in [2.24, 2.45) is 5.73 Å². The fourth-order valence-corrected chi connectivity index (χ4v) is 3.55. The zero-order chi connectivity index (χ0) is 19.5. The Morgan fingerprint density at radius 3 is 2.75 bits per heavy atom. The summed E-state index contributed by atoms with van der Waals surface area (Å²) in [6, 6.07) is 6.62. The second-order valence-electron chi connectivity index (χ2n) is 7.00. The number of carbonyl (C=O) groups excluding carboxylic acids is 1. The molecule has 8 heteroatoms.